The maximum Gasteiger partial charge on any atom is 2.00 e. The van der Waals surface area contributed by atoms with Crippen LogP contribution in [-0.4, -0.2) is 44.1 Å². The molecule has 0 spiro atoms. The van der Waals surface area contributed by atoms with Gasteiger partial charge >= 0.3 is 31.4 Å². The van der Waals surface area contributed by atoms with Crippen LogP contribution >= 0.6 is 0 Å². The number of aliphatic carboxylic acids is 4. The zero-order valence-electron chi connectivity index (χ0n) is 20.5. The molecular formula is C24H30N2O12Zn+4. The van der Waals surface area contributed by atoms with Gasteiger partial charge in [0.05, 0.1) is 22.9 Å². The Morgan fingerprint density at radius 1 is 0.615 bits per heavy atom. The topological polar surface area (TPSA) is 313 Å². The average molecular weight is 604 g/mol. The molecule has 2 heterocycles. The van der Waals surface area contributed by atoms with E-state index in [-0.39, 0.29) is 41.4 Å². The number of carbonyl (C=O) groups is 4. The molecule has 0 amide bonds. The Bertz CT molecular complexity index is 1210. The van der Waals surface area contributed by atoms with Gasteiger partial charge in [-0.05, 0) is 24.0 Å². The molecule has 206 valence electrons. The van der Waals surface area contributed by atoms with Crippen molar-refractivity contribution in [1.29, 1.82) is 0 Å². The number of carbonyl (C=O) groups excluding carboxylic acids is 2. The van der Waals surface area contributed by atoms with E-state index in [1.54, 1.807) is 12.4 Å². The SMILES string of the molecule is O=C(O)[C@@H]1[C@@H]2C=C[C@@H]([C@@H](C(=O)O)[C@H]2C(=O)[O-])[C@@H]1C(=O)[O-].[OH3+].[OH3+].[OH3+].[OH3+].[Zn+2].c1cnc2c(c1)ccc1cccnc12. The molecule has 0 aliphatic heterocycles. The number of rotatable bonds is 4. The molecule has 3 aromatic rings. The zero-order valence-corrected chi connectivity index (χ0v) is 23.5. The third kappa shape index (κ3) is 6.77. The molecule has 1 fully saturated rings. The molecule has 1 saturated carbocycles. The van der Waals surface area contributed by atoms with E-state index in [4.69, 9.17) is 10.2 Å². The minimum absolute atomic E-state index is 0. The van der Waals surface area contributed by atoms with Crippen molar-refractivity contribution in [2.24, 2.45) is 35.5 Å². The van der Waals surface area contributed by atoms with E-state index in [0.717, 1.165) is 21.8 Å². The molecule has 0 unspecified atom stereocenters. The van der Waals surface area contributed by atoms with Crippen molar-refractivity contribution >= 4 is 45.7 Å². The van der Waals surface area contributed by atoms with E-state index in [9.17, 15) is 29.4 Å². The van der Waals surface area contributed by atoms with Crippen LogP contribution in [0.3, 0.4) is 0 Å². The fraction of sp³-hybridized carbons (Fsp3) is 0.250. The van der Waals surface area contributed by atoms with Crippen LogP contribution in [0.25, 0.3) is 21.8 Å². The molecule has 6 atom stereocenters. The van der Waals surface area contributed by atoms with E-state index < -0.39 is 59.4 Å². The molecule has 0 saturated heterocycles. The van der Waals surface area contributed by atoms with E-state index in [2.05, 4.69) is 34.2 Å². The monoisotopic (exact) mass is 602 g/mol. The summed E-state index contributed by atoms with van der Waals surface area (Å²) in [5.41, 5.74) is 1.95. The smallest absolute Gasteiger partial charge is 0.550 e. The van der Waals surface area contributed by atoms with Crippen LogP contribution < -0.4 is 10.2 Å². The molecule has 14 nitrogen and oxygen atoms in total. The van der Waals surface area contributed by atoms with Crippen molar-refractivity contribution in [3.8, 4) is 0 Å². The van der Waals surface area contributed by atoms with Gasteiger partial charge in [-0.2, -0.15) is 0 Å². The van der Waals surface area contributed by atoms with Gasteiger partial charge in [0.15, 0.2) is 0 Å². The second-order valence-corrected chi connectivity index (χ2v) is 8.17. The van der Waals surface area contributed by atoms with Crippen LogP contribution in [0.5, 0.6) is 0 Å². The fourth-order valence-electron chi connectivity index (χ4n) is 5.06. The number of aromatic nitrogens is 2. The quantitative estimate of drug-likeness (QED) is 0.126. The minimum Gasteiger partial charge on any atom is -0.550 e. The Morgan fingerprint density at radius 3 is 1.23 bits per heavy atom. The van der Waals surface area contributed by atoms with Crippen LogP contribution in [0, 0.1) is 35.5 Å². The molecule has 1 aromatic carbocycles. The molecule has 2 aromatic heterocycles. The van der Waals surface area contributed by atoms with Gasteiger partial charge in [0.1, 0.15) is 0 Å². The van der Waals surface area contributed by atoms with Crippen molar-refractivity contribution < 1.29 is 81.0 Å². The summed E-state index contributed by atoms with van der Waals surface area (Å²) in [6, 6.07) is 12.1. The number of fused-ring (bicyclic) bond motifs is 5. The summed E-state index contributed by atoms with van der Waals surface area (Å²) in [4.78, 5) is 53.4. The number of carboxylic acids is 4. The Balaban J connectivity index is 0. The molecular weight excluding hydrogens is 574 g/mol. The molecule has 15 heteroatoms. The third-order valence-electron chi connectivity index (χ3n) is 6.45. The first-order chi connectivity index (χ1) is 16.2. The van der Waals surface area contributed by atoms with Crippen LogP contribution in [0.2, 0.25) is 0 Å². The number of carboxylic acid groups (broad SMARTS) is 4. The maximum absolute atomic E-state index is 11.2. The summed E-state index contributed by atoms with van der Waals surface area (Å²) in [6.45, 7) is 0. The third-order valence-corrected chi connectivity index (χ3v) is 6.45. The number of benzene rings is 1. The summed E-state index contributed by atoms with van der Waals surface area (Å²) in [6.07, 6.45) is 6.11. The second kappa shape index (κ2) is 14.9. The summed E-state index contributed by atoms with van der Waals surface area (Å²) >= 11 is 0. The van der Waals surface area contributed by atoms with Crippen molar-refractivity contribution in [2.75, 3.05) is 0 Å². The van der Waals surface area contributed by atoms with E-state index in [1.165, 1.54) is 12.2 Å². The van der Waals surface area contributed by atoms with Gasteiger partial charge in [0.2, 0.25) is 0 Å². The summed E-state index contributed by atoms with van der Waals surface area (Å²) in [5, 5.41) is 42.8. The molecule has 39 heavy (non-hydrogen) atoms. The van der Waals surface area contributed by atoms with E-state index in [1.807, 2.05) is 12.1 Å². The molecule has 0 radical (unpaired) electrons. The molecule has 3 aliphatic carbocycles. The Hall–Kier alpha value is -3.88. The fourth-order valence-corrected chi connectivity index (χ4v) is 5.06. The normalized spacial score (nSPS) is 23.6. The summed E-state index contributed by atoms with van der Waals surface area (Å²) < 4.78 is 0. The number of allylic oxidation sites excluding steroid dienone is 2. The van der Waals surface area contributed by atoms with Crippen molar-refractivity contribution in [2.45, 2.75) is 0 Å². The standard InChI is InChI=1S/C12H8N2.C12H12O8.4H2O.Zn/c1-3-9-5-6-10-4-2-8-14-12(10)11(9)13-7-1;13-9(14)5-3-1-2-4(7(5)11(17)18)8(12(19)20)6(3)10(15)16;;;;;/h1-8H;1-8H,(H,13,14)(H,15,16)(H,17,18)(H,19,20);4*1H2;/q;;;;;;+2/p+2/t;3-,4+,5+,6-,7-,8+;;;;;. The number of hydrogen-bond donors (Lipinski definition) is 2. The van der Waals surface area contributed by atoms with Gasteiger partial charge in [0, 0.05) is 46.9 Å². The largest absolute Gasteiger partial charge is 2.00 e. The molecule has 3 aliphatic rings. The first kappa shape index (κ1) is 37.3. The predicted octanol–water partition coefficient (Wildman–Crippen LogP) is -3.97. The zero-order chi connectivity index (χ0) is 24.6. The molecule has 6 rings (SSSR count). The van der Waals surface area contributed by atoms with Crippen LogP contribution in [0.1, 0.15) is 0 Å². The Kier molecular flexibility index (Phi) is 14.2. The maximum atomic E-state index is 11.2. The van der Waals surface area contributed by atoms with Crippen LogP contribution in [0.4, 0.5) is 0 Å². The predicted molar refractivity (Wildman–Crippen MR) is 132 cm³/mol. The first-order valence-corrected chi connectivity index (χ1v) is 10.4. The van der Waals surface area contributed by atoms with Crippen LogP contribution in [0.15, 0.2) is 60.9 Å². The van der Waals surface area contributed by atoms with Crippen molar-refractivity contribution in [3.05, 3.63) is 60.9 Å². The Morgan fingerprint density at radius 2 is 0.949 bits per heavy atom. The second-order valence-electron chi connectivity index (χ2n) is 8.17. The average Bonchev–Trinajstić information content (AvgIpc) is 2.83. The number of hydrogen-bond acceptors (Lipinski definition) is 8. The Labute approximate surface area is 233 Å². The van der Waals surface area contributed by atoms with Gasteiger partial charge in [-0.3, -0.25) is 19.6 Å². The number of nitrogens with zero attached hydrogens (tertiary/aromatic N) is 2. The van der Waals surface area contributed by atoms with E-state index in [0.29, 0.717) is 0 Å². The first-order valence-electron chi connectivity index (χ1n) is 10.4. The van der Waals surface area contributed by atoms with Gasteiger partial charge < -0.3 is 51.9 Å². The summed E-state index contributed by atoms with van der Waals surface area (Å²) in [7, 11) is 0. The molecule has 2 bridgehead atoms. The minimum atomic E-state index is -1.69. The van der Waals surface area contributed by atoms with Crippen molar-refractivity contribution in [1.82, 2.24) is 9.97 Å². The van der Waals surface area contributed by atoms with Gasteiger partial charge in [-0.1, -0.05) is 36.4 Å². The van der Waals surface area contributed by atoms with Gasteiger partial charge in [0.25, 0.3) is 0 Å². The van der Waals surface area contributed by atoms with Gasteiger partial charge in [-0.25, -0.2) is 0 Å². The number of pyridine rings is 2. The van der Waals surface area contributed by atoms with Crippen molar-refractivity contribution in [3.63, 3.8) is 0 Å². The van der Waals surface area contributed by atoms with E-state index >= 15 is 0 Å². The van der Waals surface area contributed by atoms with Crippen LogP contribution in [-0.2, 0) is 60.6 Å². The van der Waals surface area contributed by atoms with Gasteiger partial charge in [-0.15, -0.1) is 0 Å². The summed E-state index contributed by atoms with van der Waals surface area (Å²) in [5.74, 6) is -15.1. The molecule has 14 N–H and O–H groups in total.